The van der Waals surface area contributed by atoms with E-state index in [9.17, 15) is 0 Å². The van der Waals surface area contributed by atoms with Crippen LogP contribution in [0.25, 0.3) is 11.1 Å². The minimum Gasteiger partial charge on any atom is -0.0919 e. The van der Waals surface area contributed by atoms with Crippen LogP contribution in [0.2, 0.25) is 0 Å². The van der Waals surface area contributed by atoms with Crippen molar-refractivity contribution in [1.29, 1.82) is 0 Å². The van der Waals surface area contributed by atoms with Gasteiger partial charge in [0.2, 0.25) is 0 Å². The molecule has 0 aromatic heterocycles. The van der Waals surface area contributed by atoms with Crippen LogP contribution in [0.5, 0.6) is 0 Å². The van der Waals surface area contributed by atoms with E-state index in [1.807, 2.05) is 18.2 Å². The molecule has 1 heteroatoms. The lowest BCUT2D eigenvalue weighted by Crippen LogP contribution is -1.99. The van der Waals surface area contributed by atoms with Gasteiger partial charge in [0, 0.05) is 15.5 Å². The first-order valence-electron chi connectivity index (χ1n) is 6.34. The van der Waals surface area contributed by atoms with Crippen LogP contribution in [-0.4, -0.2) is 0 Å². The first-order valence-corrected chi connectivity index (χ1v) is 7.14. The summed E-state index contributed by atoms with van der Waals surface area (Å²) < 4.78 is 1.10. The standard InChI is InChI=1S/C18H17Br/c1-18(2,3)13-12-14-8-4-5-9-15(14)16-10-6-7-11-17(16)19/h4-11H,1-3H3. The SMILES string of the molecule is CC(C)(C)C#Cc1ccccc1-c1ccccc1Br. The lowest BCUT2D eigenvalue weighted by Gasteiger charge is -2.09. The van der Waals surface area contributed by atoms with Crippen molar-refractivity contribution in [2.75, 3.05) is 0 Å². The normalized spacial score (nSPS) is 10.7. The minimum atomic E-state index is 0.0149. The largest absolute Gasteiger partial charge is 0.0919 e. The predicted molar refractivity (Wildman–Crippen MR) is 85.9 cm³/mol. The van der Waals surface area contributed by atoms with E-state index in [0.29, 0.717) is 0 Å². The van der Waals surface area contributed by atoms with E-state index in [1.165, 1.54) is 11.1 Å². The van der Waals surface area contributed by atoms with E-state index in [1.54, 1.807) is 0 Å². The molecule has 0 N–H and O–H groups in total. The van der Waals surface area contributed by atoms with E-state index < -0.39 is 0 Å². The zero-order valence-electron chi connectivity index (χ0n) is 11.5. The summed E-state index contributed by atoms with van der Waals surface area (Å²) in [5.41, 5.74) is 3.44. The minimum absolute atomic E-state index is 0.0149. The van der Waals surface area contributed by atoms with Crippen molar-refractivity contribution in [3.63, 3.8) is 0 Å². The van der Waals surface area contributed by atoms with Gasteiger partial charge >= 0.3 is 0 Å². The fraction of sp³-hybridized carbons (Fsp3) is 0.222. The Labute approximate surface area is 124 Å². The summed E-state index contributed by atoms with van der Waals surface area (Å²) in [5, 5.41) is 0. The van der Waals surface area contributed by atoms with Crippen molar-refractivity contribution in [2.24, 2.45) is 5.41 Å². The molecule has 0 unspecified atom stereocenters. The summed E-state index contributed by atoms with van der Waals surface area (Å²) in [4.78, 5) is 0. The van der Waals surface area contributed by atoms with Gasteiger partial charge in [-0.25, -0.2) is 0 Å². The van der Waals surface area contributed by atoms with Crippen molar-refractivity contribution in [3.8, 4) is 23.0 Å². The molecule has 0 aliphatic carbocycles. The topological polar surface area (TPSA) is 0 Å². The fourth-order valence-corrected chi connectivity index (χ4v) is 2.26. The van der Waals surface area contributed by atoms with E-state index in [-0.39, 0.29) is 5.41 Å². The van der Waals surface area contributed by atoms with Crippen molar-refractivity contribution < 1.29 is 0 Å². The molecule has 0 fully saturated rings. The van der Waals surface area contributed by atoms with Gasteiger partial charge in [0.1, 0.15) is 0 Å². The van der Waals surface area contributed by atoms with Gasteiger partial charge in [-0.2, -0.15) is 0 Å². The average Bonchev–Trinajstić information content (AvgIpc) is 2.37. The van der Waals surface area contributed by atoms with Crippen LogP contribution >= 0.6 is 15.9 Å². The number of hydrogen-bond donors (Lipinski definition) is 0. The van der Waals surface area contributed by atoms with Gasteiger partial charge in [-0.3, -0.25) is 0 Å². The Bertz CT molecular complexity index is 636. The van der Waals surface area contributed by atoms with Crippen molar-refractivity contribution >= 4 is 15.9 Å². The predicted octanol–water partition coefficient (Wildman–Crippen LogP) is 5.51. The molecule has 0 nitrogen and oxygen atoms in total. The summed E-state index contributed by atoms with van der Waals surface area (Å²) >= 11 is 3.61. The lowest BCUT2D eigenvalue weighted by molar-refractivity contribution is 0.571. The van der Waals surface area contributed by atoms with Crippen LogP contribution in [0.3, 0.4) is 0 Å². The van der Waals surface area contributed by atoms with Gasteiger partial charge in [-0.05, 0) is 44.0 Å². The number of hydrogen-bond acceptors (Lipinski definition) is 0. The zero-order valence-corrected chi connectivity index (χ0v) is 13.1. The quantitative estimate of drug-likeness (QED) is 0.609. The molecule has 0 bridgehead atoms. The van der Waals surface area contributed by atoms with E-state index >= 15 is 0 Å². The number of benzene rings is 2. The summed E-state index contributed by atoms with van der Waals surface area (Å²) in [6.45, 7) is 6.38. The molecule has 0 radical (unpaired) electrons. The molecule has 0 amide bonds. The van der Waals surface area contributed by atoms with E-state index in [2.05, 4.69) is 78.9 Å². The molecule has 0 aliphatic rings. The summed E-state index contributed by atoms with van der Waals surface area (Å²) in [6, 6.07) is 16.5. The summed E-state index contributed by atoms with van der Waals surface area (Å²) in [5.74, 6) is 6.61. The fourth-order valence-electron chi connectivity index (χ4n) is 1.76. The highest BCUT2D eigenvalue weighted by atomic mass is 79.9. The molecule has 0 atom stereocenters. The van der Waals surface area contributed by atoms with Gasteiger partial charge in [-0.1, -0.05) is 64.2 Å². The maximum absolute atomic E-state index is 3.61. The molecule has 96 valence electrons. The van der Waals surface area contributed by atoms with Crippen LogP contribution in [0.1, 0.15) is 26.3 Å². The van der Waals surface area contributed by atoms with Crippen LogP contribution in [0, 0.1) is 17.3 Å². The first kappa shape index (κ1) is 13.9. The molecule has 0 heterocycles. The third-order valence-corrected chi connectivity index (χ3v) is 3.35. The highest BCUT2D eigenvalue weighted by Crippen LogP contribution is 2.30. The second-order valence-corrected chi connectivity index (χ2v) is 6.38. The van der Waals surface area contributed by atoms with Crippen LogP contribution < -0.4 is 0 Å². The second kappa shape index (κ2) is 5.63. The Hall–Kier alpha value is -1.52. The maximum atomic E-state index is 3.61. The molecule has 0 saturated carbocycles. The summed E-state index contributed by atoms with van der Waals surface area (Å²) in [7, 11) is 0. The highest BCUT2D eigenvalue weighted by Gasteiger charge is 2.07. The Morgan fingerprint density at radius 2 is 1.42 bits per heavy atom. The third-order valence-electron chi connectivity index (χ3n) is 2.66. The number of rotatable bonds is 1. The molecular formula is C18H17Br. The Balaban J connectivity index is 2.54. The molecule has 2 aromatic carbocycles. The van der Waals surface area contributed by atoms with E-state index in [0.717, 1.165) is 10.0 Å². The first-order chi connectivity index (χ1) is 8.97. The third kappa shape index (κ3) is 3.72. The highest BCUT2D eigenvalue weighted by molar-refractivity contribution is 9.10. The molecule has 0 saturated heterocycles. The second-order valence-electron chi connectivity index (χ2n) is 5.53. The van der Waals surface area contributed by atoms with Gasteiger partial charge in [0.05, 0.1) is 0 Å². The smallest absolute Gasteiger partial charge is 0.0324 e. The zero-order chi connectivity index (χ0) is 13.9. The Morgan fingerprint density at radius 1 is 0.842 bits per heavy atom. The van der Waals surface area contributed by atoms with Crippen LogP contribution in [0.15, 0.2) is 53.0 Å². The van der Waals surface area contributed by atoms with Crippen LogP contribution in [-0.2, 0) is 0 Å². The molecule has 19 heavy (non-hydrogen) atoms. The molecule has 2 rings (SSSR count). The average molecular weight is 313 g/mol. The van der Waals surface area contributed by atoms with Crippen molar-refractivity contribution in [3.05, 3.63) is 58.6 Å². The van der Waals surface area contributed by atoms with Crippen LogP contribution in [0.4, 0.5) is 0 Å². The van der Waals surface area contributed by atoms with Crippen molar-refractivity contribution in [1.82, 2.24) is 0 Å². The monoisotopic (exact) mass is 312 g/mol. The van der Waals surface area contributed by atoms with Gasteiger partial charge in [-0.15, -0.1) is 0 Å². The molecule has 0 aliphatic heterocycles. The molecule has 0 spiro atoms. The lowest BCUT2D eigenvalue weighted by atomic mass is 9.95. The Kier molecular flexibility index (Phi) is 4.12. The summed E-state index contributed by atoms with van der Waals surface area (Å²) in [6.07, 6.45) is 0. The molecular weight excluding hydrogens is 296 g/mol. The number of halogens is 1. The Morgan fingerprint density at radius 3 is 2.05 bits per heavy atom. The van der Waals surface area contributed by atoms with Gasteiger partial charge < -0.3 is 0 Å². The maximum Gasteiger partial charge on any atom is 0.0324 e. The van der Waals surface area contributed by atoms with E-state index in [4.69, 9.17) is 0 Å². The van der Waals surface area contributed by atoms with Crippen molar-refractivity contribution in [2.45, 2.75) is 20.8 Å². The van der Waals surface area contributed by atoms with Gasteiger partial charge in [0.15, 0.2) is 0 Å². The van der Waals surface area contributed by atoms with Gasteiger partial charge in [0.25, 0.3) is 0 Å². The molecule has 2 aromatic rings.